The topological polar surface area (TPSA) is 32.8 Å². The van der Waals surface area contributed by atoms with Crippen LogP contribution in [-0.4, -0.2) is 54.2 Å². The number of amides is 1. The molecule has 0 spiro atoms. The highest BCUT2D eigenvalue weighted by Gasteiger charge is 2.41. The van der Waals surface area contributed by atoms with Crippen molar-refractivity contribution in [1.82, 2.24) is 9.80 Å². The average molecular weight is 240 g/mol. The first-order valence-corrected chi connectivity index (χ1v) is 6.55. The van der Waals surface area contributed by atoms with Gasteiger partial charge in [-0.2, -0.15) is 0 Å². The molecule has 4 heteroatoms. The molecule has 0 unspecified atom stereocenters. The molecule has 1 amide bonds. The Labute approximate surface area is 104 Å². The number of rotatable bonds is 0. The van der Waals surface area contributed by atoms with Crippen LogP contribution in [-0.2, 0) is 4.74 Å². The lowest BCUT2D eigenvalue weighted by Gasteiger charge is -2.37. The van der Waals surface area contributed by atoms with Crippen LogP contribution in [0.15, 0.2) is 0 Å². The second-order valence-electron chi connectivity index (χ2n) is 6.34. The zero-order valence-electron chi connectivity index (χ0n) is 11.4. The maximum atomic E-state index is 12.1. The molecule has 0 radical (unpaired) electrons. The monoisotopic (exact) mass is 240 g/mol. The maximum absolute atomic E-state index is 12.1. The van der Waals surface area contributed by atoms with Crippen molar-refractivity contribution in [2.75, 3.05) is 26.7 Å². The van der Waals surface area contributed by atoms with Crippen LogP contribution in [0.25, 0.3) is 0 Å². The number of fused-ring (bicyclic) bond motifs is 1. The molecule has 4 nitrogen and oxygen atoms in total. The van der Waals surface area contributed by atoms with Gasteiger partial charge in [0.2, 0.25) is 0 Å². The number of likely N-dealkylation sites (N-methyl/N-ethyl adjacent to an activating group) is 1. The summed E-state index contributed by atoms with van der Waals surface area (Å²) < 4.78 is 5.47. The molecule has 2 aliphatic rings. The number of ether oxygens (including phenoxy) is 1. The number of nitrogens with zero attached hydrogens (tertiary/aromatic N) is 2. The molecule has 2 saturated heterocycles. The summed E-state index contributed by atoms with van der Waals surface area (Å²) in [6.07, 6.45) is 2.21. The van der Waals surface area contributed by atoms with Crippen LogP contribution in [0.3, 0.4) is 0 Å². The summed E-state index contributed by atoms with van der Waals surface area (Å²) in [4.78, 5) is 16.4. The molecule has 98 valence electrons. The molecule has 0 saturated carbocycles. The van der Waals surface area contributed by atoms with Crippen LogP contribution in [0.4, 0.5) is 4.79 Å². The first-order chi connectivity index (χ1) is 7.87. The molecule has 2 fully saturated rings. The van der Waals surface area contributed by atoms with Crippen molar-refractivity contribution in [2.24, 2.45) is 5.92 Å². The normalized spacial score (nSPS) is 30.2. The lowest BCUT2D eigenvalue weighted by Crippen LogP contribution is -2.49. The molecule has 0 aromatic heterocycles. The molecule has 2 atom stereocenters. The molecule has 17 heavy (non-hydrogen) atoms. The predicted octanol–water partition coefficient (Wildman–Crippen LogP) is 1.95. The lowest BCUT2D eigenvalue weighted by molar-refractivity contribution is 0.0143. The summed E-state index contributed by atoms with van der Waals surface area (Å²) in [6.45, 7) is 8.77. The zero-order chi connectivity index (χ0) is 12.6. The van der Waals surface area contributed by atoms with E-state index in [-0.39, 0.29) is 6.09 Å². The van der Waals surface area contributed by atoms with Gasteiger partial charge in [-0.1, -0.05) is 0 Å². The highest BCUT2D eigenvalue weighted by Crippen LogP contribution is 2.32. The van der Waals surface area contributed by atoms with E-state index < -0.39 is 5.60 Å². The van der Waals surface area contributed by atoms with E-state index in [0.717, 1.165) is 26.1 Å². The summed E-state index contributed by atoms with van der Waals surface area (Å²) in [5.74, 6) is 0.679. The number of carbonyl (C=O) groups excluding carboxylic acids is 1. The van der Waals surface area contributed by atoms with E-state index in [4.69, 9.17) is 4.74 Å². The maximum Gasteiger partial charge on any atom is 0.410 e. The summed E-state index contributed by atoms with van der Waals surface area (Å²) in [5, 5.41) is 0. The van der Waals surface area contributed by atoms with E-state index >= 15 is 0 Å². The Morgan fingerprint density at radius 3 is 2.53 bits per heavy atom. The van der Waals surface area contributed by atoms with Gasteiger partial charge in [0, 0.05) is 13.1 Å². The fourth-order valence-electron chi connectivity index (χ4n) is 2.85. The third-order valence-corrected chi connectivity index (χ3v) is 3.69. The Balaban J connectivity index is 1.99. The Morgan fingerprint density at radius 2 is 1.88 bits per heavy atom. The average Bonchev–Trinajstić information content (AvgIpc) is 2.57. The summed E-state index contributed by atoms with van der Waals surface area (Å²) in [5.41, 5.74) is -0.393. The van der Waals surface area contributed by atoms with Gasteiger partial charge in [-0.25, -0.2) is 4.79 Å². The van der Waals surface area contributed by atoms with E-state index in [0.29, 0.717) is 12.0 Å². The molecule has 0 aromatic carbocycles. The van der Waals surface area contributed by atoms with Gasteiger partial charge in [0.1, 0.15) is 5.60 Å². The molecule has 2 rings (SSSR count). The van der Waals surface area contributed by atoms with E-state index in [1.54, 1.807) is 0 Å². The SMILES string of the molecule is CN1CC[C@H]2CCN(C(=O)OC(C)(C)C)[C@H]2C1. The van der Waals surface area contributed by atoms with Gasteiger partial charge in [0.15, 0.2) is 0 Å². The van der Waals surface area contributed by atoms with Crippen LogP contribution >= 0.6 is 0 Å². The number of likely N-dealkylation sites (tertiary alicyclic amines) is 2. The van der Waals surface area contributed by atoms with Crippen LogP contribution in [0.5, 0.6) is 0 Å². The first-order valence-electron chi connectivity index (χ1n) is 6.55. The third kappa shape index (κ3) is 2.92. The van der Waals surface area contributed by atoms with Gasteiger partial charge < -0.3 is 14.5 Å². The first kappa shape index (κ1) is 12.7. The predicted molar refractivity (Wildman–Crippen MR) is 66.9 cm³/mol. The van der Waals surface area contributed by atoms with E-state index in [2.05, 4.69) is 11.9 Å². The fraction of sp³-hybridized carbons (Fsp3) is 0.923. The number of carbonyl (C=O) groups is 1. The van der Waals surface area contributed by atoms with Crippen molar-refractivity contribution in [3.8, 4) is 0 Å². The quantitative estimate of drug-likeness (QED) is 0.649. The van der Waals surface area contributed by atoms with E-state index in [9.17, 15) is 4.79 Å². The molecule has 0 bridgehead atoms. The Hall–Kier alpha value is -0.770. The van der Waals surface area contributed by atoms with Gasteiger partial charge in [0.05, 0.1) is 6.04 Å². The fourth-order valence-corrected chi connectivity index (χ4v) is 2.85. The van der Waals surface area contributed by atoms with Crippen LogP contribution < -0.4 is 0 Å². The smallest absolute Gasteiger partial charge is 0.410 e. The lowest BCUT2D eigenvalue weighted by atomic mass is 9.92. The van der Waals surface area contributed by atoms with E-state index in [1.807, 2.05) is 25.7 Å². The summed E-state index contributed by atoms with van der Waals surface area (Å²) in [6, 6.07) is 0.364. The standard InChI is InChI=1S/C13H24N2O2/c1-13(2,3)17-12(16)15-8-6-10-5-7-14(4)9-11(10)15/h10-11H,5-9H2,1-4H3/t10-,11-/m0/s1. The third-order valence-electron chi connectivity index (χ3n) is 3.69. The second-order valence-corrected chi connectivity index (χ2v) is 6.34. The number of hydrogen-bond acceptors (Lipinski definition) is 3. The van der Waals surface area contributed by atoms with Gasteiger partial charge in [0.25, 0.3) is 0 Å². The molecular weight excluding hydrogens is 216 g/mol. The summed E-state index contributed by atoms with van der Waals surface area (Å²) >= 11 is 0. The molecule has 0 N–H and O–H groups in total. The van der Waals surface area contributed by atoms with Crippen LogP contribution in [0.1, 0.15) is 33.6 Å². The summed E-state index contributed by atoms with van der Waals surface area (Å²) in [7, 11) is 2.13. The zero-order valence-corrected chi connectivity index (χ0v) is 11.4. The van der Waals surface area contributed by atoms with Crippen molar-refractivity contribution in [2.45, 2.75) is 45.3 Å². The Kier molecular flexibility index (Phi) is 3.34. The van der Waals surface area contributed by atoms with Crippen LogP contribution in [0.2, 0.25) is 0 Å². The highest BCUT2D eigenvalue weighted by atomic mass is 16.6. The van der Waals surface area contributed by atoms with Crippen molar-refractivity contribution in [1.29, 1.82) is 0 Å². The highest BCUT2D eigenvalue weighted by molar-refractivity contribution is 5.69. The largest absolute Gasteiger partial charge is 0.444 e. The molecule has 2 aliphatic heterocycles. The second kappa shape index (κ2) is 4.48. The minimum Gasteiger partial charge on any atom is -0.444 e. The van der Waals surface area contributed by atoms with Crippen molar-refractivity contribution in [3.63, 3.8) is 0 Å². The van der Waals surface area contributed by atoms with Crippen molar-refractivity contribution < 1.29 is 9.53 Å². The Bertz CT molecular complexity index is 298. The minimum absolute atomic E-state index is 0.139. The minimum atomic E-state index is -0.393. The van der Waals surface area contributed by atoms with Crippen LogP contribution in [0, 0.1) is 5.92 Å². The molecule has 0 aliphatic carbocycles. The van der Waals surface area contributed by atoms with E-state index in [1.165, 1.54) is 6.42 Å². The Morgan fingerprint density at radius 1 is 1.24 bits per heavy atom. The molecule has 0 aromatic rings. The van der Waals surface area contributed by atoms with Crippen molar-refractivity contribution >= 4 is 6.09 Å². The van der Waals surface area contributed by atoms with Crippen molar-refractivity contribution in [3.05, 3.63) is 0 Å². The van der Waals surface area contributed by atoms with Gasteiger partial charge in [-0.05, 0) is 53.1 Å². The van der Waals surface area contributed by atoms with Gasteiger partial charge >= 0.3 is 6.09 Å². The number of hydrogen-bond donors (Lipinski definition) is 0. The molecular formula is C13H24N2O2. The van der Waals surface area contributed by atoms with Gasteiger partial charge in [-0.3, -0.25) is 0 Å². The molecule has 2 heterocycles. The van der Waals surface area contributed by atoms with Gasteiger partial charge in [-0.15, -0.1) is 0 Å². The number of piperidine rings is 1.